The van der Waals surface area contributed by atoms with E-state index in [-0.39, 0.29) is 17.9 Å². The lowest BCUT2D eigenvalue weighted by atomic mass is 10.1. The van der Waals surface area contributed by atoms with Crippen molar-refractivity contribution in [1.82, 2.24) is 0 Å². The smallest absolute Gasteiger partial charge is 0.266 e. The number of anilines is 1. The highest BCUT2D eigenvalue weighted by Crippen LogP contribution is 2.28. The highest BCUT2D eigenvalue weighted by atomic mass is 35.5. The van der Waals surface area contributed by atoms with Gasteiger partial charge in [0, 0.05) is 10.6 Å². The van der Waals surface area contributed by atoms with Gasteiger partial charge in [-0.05, 0) is 42.0 Å². The molecule has 30 heavy (non-hydrogen) atoms. The number of hydrogen-bond donors (Lipinski definition) is 1. The fourth-order valence-corrected chi connectivity index (χ4v) is 3.00. The summed E-state index contributed by atoms with van der Waals surface area (Å²) in [6.45, 7) is 0.239. The number of carbonyl (C=O) groups is 1. The predicted octanol–water partition coefficient (Wildman–Crippen LogP) is 6.26. The Balaban J connectivity index is 1.73. The van der Waals surface area contributed by atoms with Crippen molar-refractivity contribution in [3.05, 3.63) is 99.3 Å². The Morgan fingerprint density at radius 1 is 1.07 bits per heavy atom. The van der Waals surface area contributed by atoms with Crippen molar-refractivity contribution < 1.29 is 13.9 Å². The van der Waals surface area contributed by atoms with Crippen LogP contribution in [0.15, 0.2) is 72.3 Å². The summed E-state index contributed by atoms with van der Waals surface area (Å²) >= 11 is 12.4. The maximum absolute atomic E-state index is 13.7. The first-order valence-electron chi connectivity index (χ1n) is 8.81. The molecule has 0 spiro atoms. The van der Waals surface area contributed by atoms with Gasteiger partial charge in [0.05, 0.1) is 10.7 Å². The topological polar surface area (TPSA) is 62.1 Å². The third kappa shape index (κ3) is 5.38. The molecule has 3 aromatic rings. The number of benzene rings is 3. The monoisotopic (exact) mass is 440 g/mol. The van der Waals surface area contributed by atoms with Gasteiger partial charge in [-0.25, -0.2) is 4.39 Å². The van der Waals surface area contributed by atoms with E-state index in [0.29, 0.717) is 21.4 Å². The minimum absolute atomic E-state index is 0.00926. The van der Waals surface area contributed by atoms with Crippen LogP contribution in [0.2, 0.25) is 10.0 Å². The second-order valence-corrected chi connectivity index (χ2v) is 6.99. The SMILES string of the molecule is N#C/C(=C/c1ccc(OCc2ccccc2Cl)c(Cl)c1)C(=O)Nc1ccccc1F. The van der Waals surface area contributed by atoms with Gasteiger partial charge in [-0.3, -0.25) is 4.79 Å². The molecule has 4 nitrogen and oxygen atoms in total. The molecule has 0 aromatic heterocycles. The van der Waals surface area contributed by atoms with Crippen molar-refractivity contribution in [1.29, 1.82) is 5.26 Å². The second kappa shape index (κ2) is 9.93. The van der Waals surface area contributed by atoms with Gasteiger partial charge >= 0.3 is 0 Å². The van der Waals surface area contributed by atoms with Crippen LogP contribution in [0.25, 0.3) is 6.08 Å². The Bertz CT molecular complexity index is 1160. The maximum Gasteiger partial charge on any atom is 0.266 e. The van der Waals surface area contributed by atoms with Crippen molar-refractivity contribution in [3.8, 4) is 11.8 Å². The van der Waals surface area contributed by atoms with E-state index in [2.05, 4.69) is 5.32 Å². The zero-order chi connectivity index (χ0) is 21.5. The Morgan fingerprint density at radius 3 is 2.50 bits per heavy atom. The van der Waals surface area contributed by atoms with E-state index in [9.17, 15) is 14.4 Å². The van der Waals surface area contributed by atoms with Gasteiger partial charge in [0.15, 0.2) is 0 Å². The summed E-state index contributed by atoms with van der Waals surface area (Å²) in [6, 6.07) is 19.7. The van der Waals surface area contributed by atoms with Crippen molar-refractivity contribution in [2.75, 3.05) is 5.32 Å². The van der Waals surface area contributed by atoms with Crippen LogP contribution in [0.1, 0.15) is 11.1 Å². The van der Waals surface area contributed by atoms with Crippen molar-refractivity contribution in [2.45, 2.75) is 6.61 Å². The van der Waals surface area contributed by atoms with E-state index in [4.69, 9.17) is 27.9 Å². The minimum atomic E-state index is -0.724. The zero-order valence-corrected chi connectivity index (χ0v) is 17.0. The second-order valence-electron chi connectivity index (χ2n) is 6.17. The Morgan fingerprint density at radius 2 is 1.80 bits per heavy atom. The van der Waals surface area contributed by atoms with Gasteiger partial charge in [-0.15, -0.1) is 0 Å². The Kier molecular flexibility index (Phi) is 7.08. The summed E-state index contributed by atoms with van der Waals surface area (Å²) in [5.74, 6) is -0.882. The van der Waals surface area contributed by atoms with Crippen LogP contribution in [0.4, 0.5) is 10.1 Å². The average molecular weight is 441 g/mol. The molecule has 150 valence electrons. The number of ether oxygens (including phenoxy) is 1. The lowest BCUT2D eigenvalue weighted by Gasteiger charge is -2.10. The molecule has 0 unspecified atom stereocenters. The normalized spacial score (nSPS) is 10.9. The number of nitrogens with zero attached hydrogens (tertiary/aromatic N) is 1. The molecule has 3 aromatic carbocycles. The molecule has 0 saturated carbocycles. The highest BCUT2D eigenvalue weighted by Gasteiger charge is 2.12. The van der Waals surface area contributed by atoms with E-state index in [1.807, 2.05) is 24.3 Å². The molecule has 0 aliphatic rings. The number of hydrogen-bond acceptors (Lipinski definition) is 3. The molecular formula is C23H15Cl2FN2O2. The molecule has 0 fully saturated rings. The molecular weight excluding hydrogens is 426 g/mol. The molecule has 0 saturated heterocycles. The van der Waals surface area contributed by atoms with Gasteiger partial charge in [0.2, 0.25) is 0 Å². The fraction of sp³-hybridized carbons (Fsp3) is 0.0435. The highest BCUT2D eigenvalue weighted by molar-refractivity contribution is 6.32. The zero-order valence-electron chi connectivity index (χ0n) is 15.5. The average Bonchev–Trinajstić information content (AvgIpc) is 2.74. The van der Waals surface area contributed by atoms with Gasteiger partial charge in [0.25, 0.3) is 5.91 Å². The largest absolute Gasteiger partial charge is 0.487 e. The van der Waals surface area contributed by atoms with Crippen LogP contribution in [0, 0.1) is 17.1 Å². The van der Waals surface area contributed by atoms with Crippen LogP contribution in [0.3, 0.4) is 0 Å². The molecule has 1 N–H and O–H groups in total. The third-order valence-corrected chi connectivity index (χ3v) is 4.76. The van der Waals surface area contributed by atoms with Crippen LogP contribution < -0.4 is 10.1 Å². The first-order chi connectivity index (χ1) is 14.5. The summed E-state index contributed by atoms with van der Waals surface area (Å²) in [7, 11) is 0. The molecule has 1 amide bonds. The van der Waals surface area contributed by atoms with Crippen molar-refractivity contribution in [3.63, 3.8) is 0 Å². The summed E-state index contributed by atoms with van der Waals surface area (Å²) in [4.78, 5) is 12.3. The van der Waals surface area contributed by atoms with Crippen LogP contribution in [-0.2, 0) is 11.4 Å². The summed E-state index contributed by atoms with van der Waals surface area (Å²) in [5.41, 5.74) is 1.13. The molecule has 0 radical (unpaired) electrons. The summed E-state index contributed by atoms with van der Waals surface area (Å²) in [6.07, 6.45) is 1.36. The Labute approximate surface area is 183 Å². The number of nitriles is 1. The standard InChI is InChI=1S/C23H15Cl2FN2O2/c24-18-6-2-1-5-16(18)14-30-22-10-9-15(12-19(22)25)11-17(13-27)23(29)28-21-8-4-3-7-20(21)26/h1-12H,14H2,(H,28,29)/b17-11-. The first-order valence-corrected chi connectivity index (χ1v) is 9.57. The summed E-state index contributed by atoms with van der Waals surface area (Å²) < 4.78 is 19.4. The lowest BCUT2D eigenvalue weighted by molar-refractivity contribution is -0.112. The van der Waals surface area contributed by atoms with E-state index >= 15 is 0 Å². The number of rotatable bonds is 6. The quantitative estimate of drug-likeness (QED) is 0.363. The summed E-state index contributed by atoms with van der Waals surface area (Å²) in [5, 5.41) is 12.6. The molecule has 0 aliphatic heterocycles. The molecule has 0 aliphatic carbocycles. The van der Waals surface area contributed by atoms with Crippen LogP contribution in [0.5, 0.6) is 5.75 Å². The Hall–Kier alpha value is -3.33. The molecule has 7 heteroatoms. The van der Waals surface area contributed by atoms with Gasteiger partial charge < -0.3 is 10.1 Å². The first kappa shape index (κ1) is 21.4. The molecule has 0 heterocycles. The van der Waals surface area contributed by atoms with E-state index in [1.54, 1.807) is 30.3 Å². The van der Waals surface area contributed by atoms with Gasteiger partial charge in [-0.1, -0.05) is 59.6 Å². The minimum Gasteiger partial charge on any atom is -0.487 e. The van der Waals surface area contributed by atoms with E-state index in [1.165, 1.54) is 24.3 Å². The number of carbonyl (C=O) groups excluding carboxylic acids is 1. The third-order valence-electron chi connectivity index (χ3n) is 4.10. The number of para-hydroxylation sites is 1. The lowest BCUT2D eigenvalue weighted by Crippen LogP contribution is -2.14. The molecule has 3 rings (SSSR count). The van der Waals surface area contributed by atoms with E-state index in [0.717, 1.165) is 5.56 Å². The van der Waals surface area contributed by atoms with Crippen molar-refractivity contribution >= 4 is 40.9 Å². The maximum atomic E-state index is 13.7. The fourth-order valence-electron chi connectivity index (χ4n) is 2.56. The number of halogens is 3. The number of amides is 1. The number of nitrogens with one attached hydrogen (secondary N) is 1. The van der Waals surface area contributed by atoms with Crippen LogP contribution in [-0.4, -0.2) is 5.91 Å². The van der Waals surface area contributed by atoms with Crippen LogP contribution >= 0.6 is 23.2 Å². The predicted molar refractivity (Wildman–Crippen MR) is 116 cm³/mol. The molecule has 0 atom stereocenters. The van der Waals surface area contributed by atoms with Crippen molar-refractivity contribution in [2.24, 2.45) is 0 Å². The van der Waals surface area contributed by atoms with Gasteiger partial charge in [-0.2, -0.15) is 5.26 Å². The van der Waals surface area contributed by atoms with E-state index < -0.39 is 11.7 Å². The molecule has 0 bridgehead atoms. The van der Waals surface area contributed by atoms with Gasteiger partial charge in [0.1, 0.15) is 29.8 Å².